The van der Waals surface area contributed by atoms with Crippen molar-refractivity contribution in [3.63, 3.8) is 0 Å². The van der Waals surface area contributed by atoms with Gasteiger partial charge in [-0.25, -0.2) is 14.7 Å². The van der Waals surface area contributed by atoms with Crippen LogP contribution in [0.1, 0.15) is 23.1 Å². The van der Waals surface area contributed by atoms with Crippen molar-refractivity contribution in [3.8, 4) is 0 Å². The summed E-state index contributed by atoms with van der Waals surface area (Å²) in [7, 11) is 0. The van der Waals surface area contributed by atoms with Gasteiger partial charge in [0.15, 0.2) is 5.01 Å². The van der Waals surface area contributed by atoms with Gasteiger partial charge in [0.2, 0.25) is 0 Å². The third-order valence-electron chi connectivity index (χ3n) is 2.40. The van der Waals surface area contributed by atoms with Crippen LogP contribution in [0.5, 0.6) is 0 Å². The van der Waals surface area contributed by atoms with E-state index in [0.717, 1.165) is 9.60 Å². The first-order valence-corrected chi connectivity index (χ1v) is 6.35. The maximum atomic E-state index is 12.0. The SMILES string of the molecule is CCCN(C(=O)O)C(=O)c1nc2ccccc2s1. The number of carboxylic acid groups (broad SMARTS) is 1. The van der Waals surface area contributed by atoms with Gasteiger partial charge in [0.05, 0.1) is 10.2 Å². The molecule has 1 aromatic carbocycles. The first-order chi connectivity index (χ1) is 8.63. The maximum Gasteiger partial charge on any atom is 0.414 e. The molecule has 18 heavy (non-hydrogen) atoms. The van der Waals surface area contributed by atoms with E-state index in [1.165, 1.54) is 11.3 Å². The minimum atomic E-state index is -1.24. The van der Waals surface area contributed by atoms with Crippen molar-refractivity contribution in [1.82, 2.24) is 9.88 Å². The molecule has 0 saturated heterocycles. The summed E-state index contributed by atoms with van der Waals surface area (Å²) in [6, 6.07) is 7.34. The molecule has 0 aliphatic heterocycles. The number of fused-ring (bicyclic) bond motifs is 1. The molecule has 6 heteroatoms. The summed E-state index contributed by atoms with van der Waals surface area (Å²) < 4.78 is 0.877. The summed E-state index contributed by atoms with van der Waals surface area (Å²) in [5.41, 5.74) is 0.715. The van der Waals surface area contributed by atoms with E-state index in [1.54, 1.807) is 6.07 Å². The molecule has 1 aromatic heterocycles. The van der Waals surface area contributed by atoms with Crippen molar-refractivity contribution in [2.45, 2.75) is 13.3 Å². The molecular weight excluding hydrogens is 252 g/mol. The van der Waals surface area contributed by atoms with E-state index >= 15 is 0 Å². The number of benzene rings is 1. The molecule has 1 heterocycles. The molecular formula is C12H12N2O3S. The summed E-state index contributed by atoms with van der Waals surface area (Å²) in [5, 5.41) is 9.21. The predicted molar refractivity (Wildman–Crippen MR) is 69.0 cm³/mol. The van der Waals surface area contributed by atoms with Crippen LogP contribution in [0.15, 0.2) is 24.3 Å². The molecule has 0 bridgehead atoms. The number of carbonyl (C=O) groups is 2. The van der Waals surface area contributed by atoms with Crippen molar-refractivity contribution >= 4 is 33.6 Å². The number of hydrogen-bond donors (Lipinski definition) is 1. The van der Waals surface area contributed by atoms with Crippen LogP contribution in [-0.4, -0.2) is 33.5 Å². The zero-order valence-electron chi connectivity index (χ0n) is 9.79. The van der Waals surface area contributed by atoms with Crippen molar-refractivity contribution in [2.75, 3.05) is 6.54 Å². The zero-order valence-corrected chi connectivity index (χ0v) is 10.6. The van der Waals surface area contributed by atoms with Gasteiger partial charge in [-0.05, 0) is 18.6 Å². The number of aromatic nitrogens is 1. The Labute approximate surface area is 108 Å². The lowest BCUT2D eigenvalue weighted by Crippen LogP contribution is -2.36. The van der Waals surface area contributed by atoms with Gasteiger partial charge < -0.3 is 5.11 Å². The minimum Gasteiger partial charge on any atom is -0.465 e. The number of rotatable bonds is 3. The molecule has 0 aliphatic rings. The predicted octanol–water partition coefficient (Wildman–Crippen LogP) is 2.83. The molecule has 0 spiro atoms. The summed E-state index contributed by atoms with van der Waals surface area (Å²) in [5.74, 6) is -0.550. The van der Waals surface area contributed by atoms with Crippen LogP contribution in [0.25, 0.3) is 10.2 Å². The number of thiazole rings is 1. The Morgan fingerprint density at radius 2 is 2.11 bits per heavy atom. The highest BCUT2D eigenvalue weighted by atomic mass is 32.1. The smallest absolute Gasteiger partial charge is 0.414 e. The van der Waals surface area contributed by atoms with Gasteiger partial charge in [0, 0.05) is 6.54 Å². The Morgan fingerprint density at radius 3 is 2.72 bits per heavy atom. The van der Waals surface area contributed by atoms with Crippen LogP contribution in [0, 0.1) is 0 Å². The number of nitrogens with zero attached hydrogens (tertiary/aromatic N) is 2. The van der Waals surface area contributed by atoms with E-state index in [4.69, 9.17) is 5.11 Å². The van der Waals surface area contributed by atoms with E-state index in [1.807, 2.05) is 25.1 Å². The summed E-state index contributed by atoms with van der Waals surface area (Å²) in [6.45, 7) is 2.01. The third kappa shape index (κ3) is 2.33. The lowest BCUT2D eigenvalue weighted by molar-refractivity contribution is 0.0742. The van der Waals surface area contributed by atoms with E-state index in [9.17, 15) is 9.59 Å². The standard InChI is InChI=1S/C12H12N2O3S/c1-2-7-14(12(16)17)11(15)10-13-8-5-3-4-6-9(8)18-10/h3-6H,2,7H2,1H3,(H,16,17). The van der Waals surface area contributed by atoms with Gasteiger partial charge in [-0.3, -0.25) is 4.79 Å². The van der Waals surface area contributed by atoms with Crippen LogP contribution < -0.4 is 0 Å². The second kappa shape index (κ2) is 5.14. The number of carbonyl (C=O) groups excluding carboxylic acids is 1. The Kier molecular flexibility index (Phi) is 3.57. The summed E-state index contributed by atoms with van der Waals surface area (Å²) in [4.78, 5) is 28.0. The van der Waals surface area contributed by atoms with E-state index in [0.29, 0.717) is 11.9 Å². The molecule has 0 fully saturated rings. The van der Waals surface area contributed by atoms with Crippen molar-refractivity contribution in [3.05, 3.63) is 29.3 Å². The van der Waals surface area contributed by atoms with E-state index in [2.05, 4.69) is 4.98 Å². The fourth-order valence-corrected chi connectivity index (χ4v) is 2.50. The summed E-state index contributed by atoms with van der Waals surface area (Å²) in [6.07, 6.45) is -0.649. The van der Waals surface area contributed by atoms with Crippen LogP contribution in [-0.2, 0) is 0 Å². The van der Waals surface area contributed by atoms with Gasteiger partial charge in [-0.2, -0.15) is 0 Å². The highest BCUT2D eigenvalue weighted by molar-refractivity contribution is 7.20. The second-order valence-corrected chi connectivity index (χ2v) is 4.76. The lowest BCUT2D eigenvalue weighted by atomic mass is 10.3. The Morgan fingerprint density at radius 1 is 1.39 bits per heavy atom. The molecule has 2 aromatic rings. The van der Waals surface area contributed by atoms with Crippen LogP contribution in [0.3, 0.4) is 0 Å². The monoisotopic (exact) mass is 264 g/mol. The molecule has 0 unspecified atom stereocenters. The average molecular weight is 264 g/mol. The molecule has 1 N–H and O–H groups in total. The lowest BCUT2D eigenvalue weighted by Gasteiger charge is -2.14. The Bertz CT molecular complexity index is 561. The highest BCUT2D eigenvalue weighted by Crippen LogP contribution is 2.22. The fraction of sp³-hybridized carbons (Fsp3) is 0.250. The first kappa shape index (κ1) is 12.5. The van der Waals surface area contributed by atoms with Gasteiger partial charge in [-0.1, -0.05) is 19.1 Å². The number of imide groups is 1. The molecule has 94 valence electrons. The summed E-state index contributed by atoms with van der Waals surface area (Å²) >= 11 is 1.21. The van der Waals surface area contributed by atoms with Crippen LogP contribution >= 0.6 is 11.3 Å². The Balaban J connectivity index is 2.34. The van der Waals surface area contributed by atoms with E-state index < -0.39 is 12.0 Å². The number of para-hydroxylation sites is 1. The zero-order chi connectivity index (χ0) is 13.1. The quantitative estimate of drug-likeness (QED) is 0.925. The van der Waals surface area contributed by atoms with E-state index in [-0.39, 0.29) is 11.6 Å². The third-order valence-corrected chi connectivity index (χ3v) is 3.42. The van der Waals surface area contributed by atoms with Gasteiger partial charge >= 0.3 is 6.09 Å². The van der Waals surface area contributed by atoms with Gasteiger partial charge in [0.1, 0.15) is 0 Å². The highest BCUT2D eigenvalue weighted by Gasteiger charge is 2.24. The molecule has 0 aliphatic carbocycles. The van der Waals surface area contributed by atoms with Gasteiger partial charge in [-0.15, -0.1) is 11.3 Å². The first-order valence-electron chi connectivity index (χ1n) is 5.54. The van der Waals surface area contributed by atoms with Crippen LogP contribution in [0.2, 0.25) is 0 Å². The molecule has 0 atom stereocenters. The number of amides is 2. The van der Waals surface area contributed by atoms with Crippen LogP contribution in [0.4, 0.5) is 4.79 Å². The molecule has 0 saturated carbocycles. The topological polar surface area (TPSA) is 70.5 Å². The molecule has 2 rings (SSSR count). The minimum absolute atomic E-state index is 0.185. The molecule has 2 amide bonds. The maximum absolute atomic E-state index is 12.0. The van der Waals surface area contributed by atoms with Gasteiger partial charge in [0.25, 0.3) is 5.91 Å². The van der Waals surface area contributed by atoms with Crippen molar-refractivity contribution < 1.29 is 14.7 Å². The number of hydrogen-bond acceptors (Lipinski definition) is 4. The van der Waals surface area contributed by atoms with Crippen molar-refractivity contribution in [1.29, 1.82) is 0 Å². The normalized spacial score (nSPS) is 10.5. The molecule has 0 radical (unpaired) electrons. The molecule has 5 nitrogen and oxygen atoms in total. The largest absolute Gasteiger partial charge is 0.465 e. The average Bonchev–Trinajstić information content (AvgIpc) is 2.78. The Hall–Kier alpha value is -1.95. The second-order valence-electron chi connectivity index (χ2n) is 3.73. The fourth-order valence-electron chi connectivity index (χ4n) is 1.59. The van der Waals surface area contributed by atoms with Crippen molar-refractivity contribution in [2.24, 2.45) is 0 Å².